The molecule has 0 spiro atoms. The molecule has 0 unspecified atom stereocenters. The number of benzene rings is 1. The van der Waals surface area contributed by atoms with E-state index in [2.05, 4.69) is 94.6 Å². The average molecular weight is 354 g/mol. The predicted molar refractivity (Wildman–Crippen MR) is 115 cm³/mol. The van der Waals surface area contributed by atoms with Crippen LogP contribution in [0, 0.1) is 5.92 Å². The van der Waals surface area contributed by atoms with Crippen molar-refractivity contribution in [2.45, 2.75) is 33.5 Å². The molecule has 0 amide bonds. The van der Waals surface area contributed by atoms with Crippen LogP contribution in [0.2, 0.25) is 19.6 Å². The van der Waals surface area contributed by atoms with Crippen LogP contribution in [0.4, 0.5) is 0 Å². The smallest absolute Gasteiger partial charge is 0.0776 e. The van der Waals surface area contributed by atoms with Gasteiger partial charge >= 0.3 is 0 Å². The molecule has 0 fully saturated rings. The number of hydrogen-bond donors (Lipinski definition) is 1. The minimum atomic E-state index is -1.33. The van der Waals surface area contributed by atoms with Crippen LogP contribution in [0.5, 0.6) is 0 Å². The van der Waals surface area contributed by atoms with Crippen LogP contribution < -0.4 is 5.19 Å². The molecule has 0 aliphatic carbocycles. The Morgan fingerprint density at radius 3 is 2.38 bits per heavy atom. The van der Waals surface area contributed by atoms with Gasteiger partial charge in [0, 0.05) is 16.5 Å². The van der Waals surface area contributed by atoms with Crippen molar-refractivity contribution < 1.29 is 0 Å². The first-order chi connectivity index (χ1) is 11.1. The Morgan fingerprint density at radius 1 is 1.17 bits per heavy atom. The highest BCUT2D eigenvalue weighted by Gasteiger charge is 2.17. The highest BCUT2D eigenvalue weighted by atomic mass is 32.1. The van der Waals surface area contributed by atoms with Crippen molar-refractivity contribution in [3.05, 3.63) is 65.9 Å². The largest absolute Gasteiger partial charge is 0.256 e. The maximum atomic E-state index is 4.58. The number of fused-ring (bicyclic) bond motifs is 1. The Balaban J connectivity index is 2.55. The van der Waals surface area contributed by atoms with Crippen LogP contribution in [0.1, 0.15) is 19.5 Å². The van der Waals surface area contributed by atoms with E-state index in [0.29, 0.717) is 5.92 Å². The molecule has 1 heterocycles. The first-order valence-electron chi connectivity index (χ1n) is 8.29. The molecule has 0 atom stereocenters. The molecule has 0 aliphatic rings. The van der Waals surface area contributed by atoms with Crippen molar-refractivity contribution >= 4 is 42.2 Å². The van der Waals surface area contributed by atoms with E-state index in [-0.39, 0.29) is 0 Å². The monoisotopic (exact) mass is 353 g/mol. The van der Waals surface area contributed by atoms with E-state index in [0.717, 1.165) is 27.1 Å². The maximum absolute atomic E-state index is 4.58. The van der Waals surface area contributed by atoms with Crippen LogP contribution in [0.15, 0.2) is 60.2 Å². The maximum Gasteiger partial charge on any atom is 0.0776 e. The van der Waals surface area contributed by atoms with Gasteiger partial charge in [-0.15, -0.1) is 12.6 Å². The van der Waals surface area contributed by atoms with Crippen molar-refractivity contribution in [3.63, 3.8) is 0 Å². The third kappa shape index (κ3) is 4.08. The molecule has 24 heavy (non-hydrogen) atoms. The zero-order valence-corrected chi connectivity index (χ0v) is 17.2. The van der Waals surface area contributed by atoms with Gasteiger partial charge < -0.3 is 0 Å². The molecule has 126 valence electrons. The first-order valence-corrected chi connectivity index (χ1v) is 12.2. The van der Waals surface area contributed by atoms with Gasteiger partial charge in [0.15, 0.2) is 0 Å². The van der Waals surface area contributed by atoms with Gasteiger partial charge in [-0.25, -0.2) is 0 Å². The van der Waals surface area contributed by atoms with Gasteiger partial charge in [-0.2, -0.15) is 0 Å². The van der Waals surface area contributed by atoms with Crippen molar-refractivity contribution in [1.29, 1.82) is 0 Å². The van der Waals surface area contributed by atoms with E-state index in [9.17, 15) is 0 Å². The second kappa shape index (κ2) is 7.12. The number of rotatable bonds is 5. The summed E-state index contributed by atoms with van der Waals surface area (Å²) in [6.45, 7) is 19.6. The molecule has 2 aromatic rings. The van der Waals surface area contributed by atoms with E-state index < -0.39 is 8.07 Å². The fraction of sp³-hybridized carbons (Fsp3) is 0.286. The molecule has 0 bridgehead atoms. The standard InChI is InChI=1S/C21H27NSSi/c1-14(2)20(16(4)23)12-15(3)21-19-9-8-18(24(5,6)7)13-17(19)10-11-22-21/h8-14,23H,3-4H2,1-2,5-7H3/b20-12-. The number of pyridine rings is 1. The van der Waals surface area contributed by atoms with Crippen molar-refractivity contribution in [2.75, 3.05) is 0 Å². The topological polar surface area (TPSA) is 12.9 Å². The summed E-state index contributed by atoms with van der Waals surface area (Å²) in [4.78, 5) is 5.37. The molecule has 0 saturated heterocycles. The van der Waals surface area contributed by atoms with Crippen molar-refractivity contribution in [2.24, 2.45) is 5.92 Å². The van der Waals surface area contributed by atoms with Crippen LogP contribution in [-0.4, -0.2) is 13.1 Å². The quantitative estimate of drug-likeness (QED) is 0.406. The fourth-order valence-corrected chi connectivity index (χ4v) is 4.23. The third-order valence-electron chi connectivity index (χ3n) is 4.22. The highest BCUT2D eigenvalue weighted by molar-refractivity contribution is 7.84. The number of allylic oxidation sites excluding steroid dienone is 3. The number of nitrogens with zero attached hydrogens (tertiary/aromatic N) is 1. The Kier molecular flexibility index (Phi) is 5.56. The molecule has 2 rings (SSSR count). The van der Waals surface area contributed by atoms with Gasteiger partial charge in [0.2, 0.25) is 0 Å². The number of thiol groups is 1. The Bertz CT molecular complexity index is 825. The lowest BCUT2D eigenvalue weighted by molar-refractivity contribution is 0.790. The van der Waals surface area contributed by atoms with Gasteiger partial charge in [0.1, 0.15) is 0 Å². The van der Waals surface area contributed by atoms with Crippen molar-refractivity contribution in [1.82, 2.24) is 4.98 Å². The van der Waals surface area contributed by atoms with Crippen molar-refractivity contribution in [3.8, 4) is 0 Å². The number of hydrogen-bond acceptors (Lipinski definition) is 2. The van der Waals surface area contributed by atoms with Gasteiger partial charge in [-0.3, -0.25) is 4.98 Å². The molecule has 3 heteroatoms. The summed E-state index contributed by atoms with van der Waals surface area (Å²) in [7, 11) is -1.33. The van der Waals surface area contributed by atoms with E-state index in [1.165, 1.54) is 10.6 Å². The zero-order valence-electron chi connectivity index (χ0n) is 15.4. The number of aromatic nitrogens is 1. The lowest BCUT2D eigenvalue weighted by Gasteiger charge is -2.18. The zero-order chi connectivity index (χ0) is 18.1. The van der Waals surface area contributed by atoms with Crippen LogP contribution in [0.3, 0.4) is 0 Å². The molecule has 1 nitrogen and oxygen atoms in total. The van der Waals surface area contributed by atoms with Gasteiger partial charge in [0.05, 0.1) is 13.8 Å². The molecule has 0 radical (unpaired) electrons. The lowest BCUT2D eigenvalue weighted by Crippen LogP contribution is -2.37. The third-order valence-corrected chi connectivity index (χ3v) is 6.52. The lowest BCUT2D eigenvalue weighted by atomic mass is 9.98. The summed E-state index contributed by atoms with van der Waals surface area (Å²) in [6, 6.07) is 8.83. The Hall–Kier alpha value is -1.58. The Labute approximate surface area is 152 Å². The summed E-state index contributed by atoms with van der Waals surface area (Å²) in [5.41, 5.74) is 2.93. The van der Waals surface area contributed by atoms with Gasteiger partial charge in [0.25, 0.3) is 0 Å². The van der Waals surface area contributed by atoms with E-state index in [4.69, 9.17) is 0 Å². The normalized spacial score (nSPS) is 12.7. The molecule has 1 aromatic heterocycles. The van der Waals surface area contributed by atoms with E-state index >= 15 is 0 Å². The summed E-state index contributed by atoms with van der Waals surface area (Å²) in [5.74, 6) is 0.347. The fourth-order valence-electron chi connectivity index (χ4n) is 2.74. The van der Waals surface area contributed by atoms with Crippen LogP contribution in [-0.2, 0) is 0 Å². The molecular weight excluding hydrogens is 326 g/mol. The average Bonchev–Trinajstić information content (AvgIpc) is 2.49. The second-order valence-electron chi connectivity index (χ2n) is 7.57. The molecule has 0 N–H and O–H groups in total. The second-order valence-corrected chi connectivity index (χ2v) is 13.2. The van der Waals surface area contributed by atoms with Gasteiger partial charge in [-0.05, 0) is 34.6 Å². The summed E-state index contributed by atoms with van der Waals surface area (Å²) >= 11 is 4.42. The van der Waals surface area contributed by atoms with Crippen LogP contribution >= 0.6 is 12.6 Å². The molecule has 0 saturated carbocycles. The van der Waals surface area contributed by atoms with Gasteiger partial charge in [-0.1, -0.05) is 70.0 Å². The van der Waals surface area contributed by atoms with E-state index in [1.807, 2.05) is 6.20 Å². The highest BCUT2D eigenvalue weighted by Crippen LogP contribution is 2.28. The SMILES string of the molecule is C=C(S)/C(=C\C(=C)c1nccc2cc([Si](C)(C)C)ccc12)C(C)C. The first kappa shape index (κ1) is 18.8. The molecule has 0 aliphatic heterocycles. The molecular formula is C21H27NSSi. The minimum absolute atomic E-state index is 0.347. The predicted octanol–water partition coefficient (Wildman–Crippen LogP) is 5.82. The van der Waals surface area contributed by atoms with Crippen LogP contribution in [0.25, 0.3) is 16.3 Å². The summed E-state index contributed by atoms with van der Waals surface area (Å²) in [6.07, 6.45) is 3.93. The molecule has 1 aromatic carbocycles. The Morgan fingerprint density at radius 2 is 1.83 bits per heavy atom. The summed E-state index contributed by atoms with van der Waals surface area (Å²) < 4.78 is 0. The summed E-state index contributed by atoms with van der Waals surface area (Å²) in [5, 5.41) is 3.83. The minimum Gasteiger partial charge on any atom is -0.256 e. The van der Waals surface area contributed by atoms with E-state index in [1.54, 1.807) is 0 Å².